The maximum atomic E-state index is 12.7. The van der Waals surface area contributed by atoms with Gasteiger partial charge in [0.15, 0.2) is 10.9 Å². The van der Waals surface area contributed by atoms with Crippen LogP contribution in [0.5, 0.6) is 0 Å². The van der Waals surface area contributed by atoms with E-state index in [-0.39, 0.29) is 22.8 Å². The van der Waals surface area contributed by atoms with Crippen LogP contribution in [-0.2, 0) is 16.0 Å². The zero-order valence-electron chi connectivity index (χ0n) is 15.5. The first-order valence-corrected chi connectivity index (χ1v) is 9.44. The Morgan fingerprint density at radius 3 is 2.56 bits per heavy atom. The van der Waals surface area contributed by atoms with Gasteiger partial charge in [0, 0.05) is 13.3 Å². The number of thiazole rings is 1. The molecule has 0 saturated carbocycles. The Hall–Kier alpha value is -2.80. The molecule has 0 radical (unpaired) electrons. The third kappa shape index (κ3) is 4.68. The summed E-state index contributed by atoms with van der Waals surface area (Å²) in [5.41, 5.74) is 1.50. The molecule has 6 nitrogen and oxygen atoms in total. The van der Waals surface area contributed by atoms with E-state index in [1.165, 1.54) is 18.3 Å². The second kappa shape index (κ2) is 7.44. The summed E-state index contributed by atoms with van der Waals surface area (Å²) in [5, 5.41) is 5.62. The van der Waals surface area contributed by atoms with Gasteiger partial charge in [-0.15, -0.1) is 0 Å². The lowest BCUT2D eigenvalue weighted by molar-refractivity contribution is -0.120. The number of hydrogen-bond acceptors (Lipinski definition) is 5. The maximum absolute atomic E-state index is 12.7. The van der Waals surface area contributed by atoms with Gasteiger partial charge < -0.3 is 5.32 Å². The molecule has 27 heavy (non-hydrogen) atoms. The highest BCUT2D eigenvalue weighted by Gasteiger charge is 2.34. The molecule has 1 aliphatic rings. The largest absolute Gasteiger partial charge is 0.322 e. The van der Waals surface area contributed by atoms with Crippen molar-refractivity contribution in [1.29, 1.82) is 0 Å². The first-order chi connectivity index (χ1) is 12.7. The fourth-order valence-electron chi connectivity index (χ4n) is 3.00. The Balaban J connectivity index is 1.83. The van der Waals surface area contributed by atoms with E-state index < -0.39 is 5.91 Å². The lowest BCUT2D eigenvalue weighted by Gasteiger charge is -2.26. The average Bonchev–Trinajstić information content (AvgIpc) is 2.96. The predicted octanol–water partition coefficient (Wildman–Crippen LogP) is 3.41. The Morgan fingerprint density at radius 1 is 1.19 bits per heavy atom. The number of anilines is 1. The maximum Gasteiger partial charge on any atom is 0.273 e. The van der Waals surface area contributed by atoms with Crippen molar-refractivity contribution in [2.75, 3.05) is 5.32 Å². The van der Waals surface area contributed by atoms with Crippen LogP contribution in [0.15, 0.2) is 36.0 Å². The number of carbonyl (C=O) groups is 3. The van der Waals surface area contributed by atoms with Crippen LogP contribution in [0.4, 0.5) is 5.13 Å². The molecule has 1 heterocycles. The SMILES string of the molecule is CC(=O)N/C(=C/c1ccccc1)C(=O)Nc1nc2c(s1)C(=O)CC(C)(C)C2. The Bertz CT molecular complexity index is 929. The lowest BCUT2D eigenvalue weighted by atomic mass is 9.78. The van der Waals surface area contributed by atoms with Gasteiger partial charge in [-0.25, -0.2) is 4.98 Å². The summed E-state index contributed by atoms with van der Waals surface area (Å²) in [6, 6.07) is 9.22. The summed E-state index contributed by atoms with van der Waals surface area (Å²) in [4.78, 5) is 41.5. The molecule has 2 amide bonds. The Kier molecular flexibility index (Phi) is 5.23. The number of rotatable bonds is 4. The molecule has 1 aliphatic carbocycles. The number of Topliss-reactive ketones (excluding diaryl/α,β-unsaturated/α-hetero) is 1. The zero-order valence-corrected chi connectivity index (χ0v) is 16.3. The molecule has 0 spiro atoms. The second-order valence-electron chi connectivity index (χ2n) is 7.34. The van der Waals surface area contributed by atoms with E-state index in [0.717, 1.165) is 11.3 Å². The number of nitrogens with zero attached hydrogens (tertiary/aromatic N) is 1. The number of hydrogen-bond donors (Lipinski definition) is 2. The molecule has 2 aromatic rings. The minimum Gasteiger partial charge on any atom is -0.322 e. The van der Waals surface area contributed by atoms with Crippen LogP contribution in [0.25, 0.3) is 6.08 Å². The minimum absolute atomic E-state index is 0.0566. The summed E-state index contributed by atoms with van der Waals surface area (Å²) in [7, 11) is 0. The van der Waals surface area contributed by atoms with E-state index in [2.05, 4.69) is 15.6 Å². The normalized spacial score (nSPS) is 15.8. The van der Waals surface area contributed by atoms with Gasteiger partial charge in [-0.1, -0.05) is 55.5 Å². The van der Waals surface area contributed by atoms with Crippen molar-refractivity contribution in [3.05, 3.63) is 52.2 Å². The fraction of sp³-hybridized carbons (Fsp3) is 0.300. The second-order valence-corrected chi connectivity index (χ2v) is 8.34. The average molecular weight is 383 g/mol. The van der Waals surface area contributed by atoms with Crippen molar-refractivity contribution in [3.8, 4) is 0 Å². The minimum atomic E-state index is -0.480. The third-order valence-electron chi connectivity index (χ3n) is 4.12. The first-order valence-electron chi connectivity index (χ1n) is 8.62. The summed E-state index contributed by atoms with van der Waals surface area (Å²) in [6.45, 7) is 5.40. The highest BCUT2D eigenvalue weighted by Crippen LogP contribution is 2.38. The van der Waals surface area contributed by atoms with Crippen molar-refractivity contribution in [1.82, 2.24) is 10.3 Å². The summed E-state index contributed by atoms with van der Waals surface area (Å²) in [5.74, 6) is -0.768. The molecule has 1 aromatic carbocycles. The quantitative estimate of drug-likeness (QED) is 0.792. The zero-order chi connectivity index (χ0) is 19.6. The number of aromatic nitrogens is 1. The summed E-state index contributed by atoms with van der Waals surface area (Å²) >= 11 is 1.18. The molecular formula is C20H21N3O3S. The first kappa shape index (κ1) is 19.0. The molecule has 140 valence electrons. The van der Waals surface area contributed by atoms with Crippen LogP contribution in [0.3, 0.4) is 0 Å². The highest BCUT2D eigenvalue weighted by molar-refractivity contribution is 7.17. The topological polar surface area (TPSA) is 88.2 Å². The van der Waals surface area contributed by atoms with Crippen LogP contribution in [0.1, 0.15) is 48.1 Å². The van der Waals surface area contributed by atoms with E-state index in [1.54, 1.807) is 6.08 Å². The molecule has 7 heteroatoms. The highest BCUT2D eigenvalue weighted by atomic mass is 32.1. The van der Waals surface area contributed by atoms with E-state index >= 15 is 0 Å². The van der Waals surface area contributed by atoms with Gasteiger partial charge in [0.2, 0.25) is 5.91 Å². The van der Waals surface area contributed by atoms with Crippen molar-refractivity contribution in [2.24, 2.45) is 5.41 Å². The number of amides is 2. The number of fused-ring (bicyclic) bond motifs is 1. The molecule has 0 fully saturated rings. The summed E-state index contributed by atoms with van der Waals surface area (Å²) < 4.78 is 0. The van der Waals surface area contributed by atoms with Gasteiger partial charge in [-0.05, 0) is 23.5 Å². The van der Waals surface area contributed by atoms with E-state index in [9.17, 15) is 14.4 Å². The Morgan fingerprint density at radius 2 is 1.89 bits per heavy atom. The molecule has 0 atom stereocenters. The summed E-state index contributed by atoms with van der Waals surface area (Å²) in [6.07, 6.45) is 2.76. The van der Waals surface area contributed by atoms with Gasteiger partial charge in [-0.3, -0.25) is 19.7 Å². The Labute approximate surface area is 161 Å². The standard InChI is InChI=1S/C20H21N3O3S/c1-12(24)21-14(9-13-7-5-4-6-8-13)18(26)23-19-22-15-10-20(2,3)11-16(25)17(15)27-19/h4-9H,10-11H2,1-3H3,(H,21,24)(H,22,23,26)/b14-9+. The van der Waals surface area contributed by atoms with Crippen molar-refractivity contribution in [2.45, 2.75) is 33.6 Å². The molecule has 0 unspecified atom stereocenters. The van der Waals surface area contributed by atoms with Gasteiger partial charge >= 0.3 is 0 Å². The lowest BCUT2D eigenvalue weighted by Crippen LogP contribution is -2.29. The molecule has 0 saturated heterocycles. The monoisotopic (exact) mass is 383 g/mol. The van der Waals surface area contributed by atoms with Crippen LogP contribution in [0, 0.1) is 5.41 Å². The van der Waals surface area contributed by atoms with Crippen molar-refractivity contribution < 1.29 is 14.4 Å². The van der Waals surface area contributed by atoms with Crippen molar-refractivity contribution >= 4 is 40.1 Å². The van der Waals surface area contributed by atoms with Crippen LogP contribution in [-0.4, -0.2) is 22.6 Å². The van der Waals surface area contributed by atoms with Gasteiger partial charge in [0.1, 0.15) is 5.70 Å². The fourth-order valence-corrected chi connectivity index (χ4v) is 3.92. The number of carbonyl (C=O) groups excluding carboxylic acids is 3. The molecule has 0 aliphatic heterocycles. The third-order valence-corrected chi connectivity index (χ3v) is 5.18. The van der Waals surface area contributed by atoms with E-state index in [1.807, 2.05) is 44.2 Å². The van der Waals surface area contributed by atoms with E-state index in [4.69, 9.17) is 0 Å². The molecule has 0 bridgehead atoms. The number of ketones is 1. The van der Waals surface area contributed by atoms with E-state index in [0.29, 0.717) is 22.9 Å². The molecule has 2 N–H and O–H groups in total. The predicted molar refractivity (Wildman–Crippen MR) is 105 cm³/mol. The van der Waals surface area contributed by atoms with Crippen LogP contribution < -0.4 is 10.6 Å². The van der Waals surface area contributed by atoms with Gasteiger partial charge in [-0.2, -0.15) is 0 Å². The molecular weight excluding hydrogens is 362 g/mol. The molecule has 3 rings (SSSR count). The smallest absolute Gasteiger partial charge is 0.273 e. The number of nitrogens with one attached hydrogen (secondary N) is 2. The van der Waals surface area contributed by atoms with Gasteiger partial charge in [0.05, 0.1) is 10.6 Å². The number of benzene rings is 1. The van der Waals surface area contributed by atoms with Crippen LogP contribution in [0.2, 0.25) is 0 Å². The van der Waals surface area contributed by atoms with Gasteiger partial charge in [0.25, 0.3) is 5.91 Å². The molecule has 1 aromatic heterocycles. The van der Waals surface area contributed by atoms with Crippen molar-refractivity contribution in [3.63, 3.8) is 0 Å². The van der Waals surface area contributed by atoms with Crippen LogP contribution >= 0.6 is 11.3 Å².